The number of ether oxygens (including phenoxy) is 2. The van der Waals surface area contributed by atoms with Gasteiger partial charge in [-0.1, -0.05) is 37.4 Å². The topological polar surface area (TPSA) is 52.6 Å². The lowest BCUT2D eigenvalue weighted by molar-refractivity contribution is -0.137. The number of carbonyl (C=O) groups is 2. The lowest BCUT2D eigenvalue weighted by Gasteiger charge is -2.13. The number of benzene rings is 1. The summed E-state index contributed by atoms with van der Waals surface area (Å²) in [6.45, 7) is 7.37. The zero-order chi connectivity index (χ0) is 19.9. The highest BCUT2D eigenvalue weighted by atomic mass is 32.2. The van der Waals surface area contributed by atoms with Crippen LogP contribution in [-0.2, 0) is 19.1 Å². The standard InChI is InChI=1S/C20H18O4S4/c1-3-17(21)23-9-15-11-25-19(27-15)13-5-7-14(8-6-13)20-26-12-16(28-20)10-24-18(22)4-2/h3-8,11-12,19-20H,1-2,9-10H2. The Morgan fingerprint density at radius 3 is 1.57 bits per heavy atom. The first-order valence-corrected chi connectivity index (χ1v) is 11.9. The summed E-state index contributed by atoms with van der Waals surface area (Å²) >= 11 is 6.84. The molecule has 28 heavy (non-hydrogen) atoms. The molecule has 146 valence electrons. The van der Waals surface area contributed by atoms with Crippen molar-refractivity contribution in [2.45, 2.75) is 9.16 Å². The SMILES string of the molecule is C=CC(=O)OCC1=CSC(c2ccc(C3SC=C(COC(=O)C=C)S3)cc2)S1. The van der Waals surface area contributed by atoms with Crippen molar-refractivity contribution in [3.8, 4) is 0 Å². The highest BCUT2D eigenvalue weighted by Gasteiger charge is 2.24. The summed E-state index contributed by atoms with van der Waals surface area (Å²) in [6, 6.07) is 8.57. The van der Waals surface area contributed by atoms with Crippen molar-refractivity contribution in [2.24, 2.45) is 0 Å². The summed E-state index contributed by atoms with van der Waals surface area (Å²) < 4.78 is 10.7. The third-order valence-electron chi connectivity index (χ3n) is 3.69. The van der Waals surface area contributed by atoms with Gasteiger partial charge < -0.3 is 9.47 Å². The van der Waals surface area contributed by atoms with Crippen molar-refractivity contribution >= 4 is 59.0 Å². The Labute approximate surface area is 181 Å². The molecule has 2 heterocycles. The molecule has 0 aliphatic carbocycles. The van der Waals surface area contributed by atoms with Gasteiger partial charge in [-0.05, 0) is 21.9 Å². The first-order chi connectivity index (χ1) is 13.6. The molecule has 2 unspecified atom stereocenters. The van der Waals surface area contributed by atoms with Gasteiger partial charge in [-0.3, -0.25) is 0 Å². The maximum atomic E-state index is 11.2. The molecule has 0 N–H and O–H groups in total. The molecule has 0 bridgehead atoms. The first-order valence-electron chi connectivity index (χ1n) is 8.29. The number of hydrogen-bond donors (Lipinski definition) is 0. The van der Waals surface area contributed by atoms with Crippen LogP contribution < -0.4 is 0 Å². The van der Waals surface area contributed by atoms with Crippen LogP contribution >= 0.6 is 47.0 Å². The van der Waals surface area contributed by atoms with Crippen LogP contribution in [0.2, 0.25) is 0 Å². The van der Waals surface area contributed by atoms with Gasteiger partial charge in [0.05, 0.1) is 9.16 Å². The average molecular weight is 451 g/mol. The third kappa shape index (κ3) is 5.76. The number of esters is 2. The molecule has 0 spiro atoms. The van der Waals surface area contributed by atoms with Crippen LogP contribution in [0.15, 0.2) is 70.2 Å². The quantitative estimate of drug-likeness (QED) is 0.365. The summed E-state index contributed by atoms with van der Waals surface area (Å²) in [4.78, 5) is 24.4. The zero-order valence-electron chi connectivity index (χ0n) is 14.9. The second kappa shape index (κ2) is 10.3. The number of thioether (sulfide) groups is 4. The number of hydrogen-bond acceptors (Lipinski definition) is 8. The van der Waals surface area contributed by atoms with E-state index in [4.69, 9.17) is 9.47 Å². The van der Waals surface area contributed by atoms with Crippen molar-refractivity contribution < 1.29 is 19.1 Å². The van der Waals surface area contributed by atoms with Gasteiger partial charge in [-0.25, -0.2) is 9.59 Å². The molecular formula is C20H18O4S4. The van der Waals surface area contributed by atoms with E-state index in [0.717, 1.165) is 9.81 Å². The van der Waals surface area contributed by atoms with E-state index in [1.165, 1.54) is 23.3 Å². The second-order valence-electron chi connectivity index (χ2n) is 5.63. The molecule has 2 atom stereocenters. The summed E-state index contributed by atoms with van der Waals surface area (Å²) in [6.07, 6.45) is 2.35. The second-order valence-corrected chi connectivity index (χ2v) is 10.6. The lowest BCUT2D eigenvalue weighted by Crippen LogP contribution is -2.02. The molecule has 1 aromatic carbocycles. The predicted octanol–water partition coefficient (Wildman–Crippen LogP) is 5.79. The third-order valence-corrected chi connectivity index (χ3v) is 9.16. The predicted molar refractivity (Wildman–Crippen MR) is 121 cm³/mol. The van der Waals surface area contributed by atoms with Gasteiger partial charge >= 0.3 is 11.9 Å². The molecule has 2 aliphatic rings. The zero-order valence-corrected chi connectivity index (χ0v) is 18.1. The van der Waals surface area contributed by atoms with E-state index in [1.54, 1.807) is 47.0 Å². The first kappa shape index (κ1) is 21.2. The highest BCUT2D eigenvalue weighted by molar-refractivity contribution is 8.22. The van der Waals surface area contributed by atoms with Gasteiger partial charge in [0.1, 0.15) is 13.2 Å². The minimum Gasteiger partial charge on any atom is -0.457 e. The molecule has 0 amide bonds. The van der Waals surface area contributed by atoms with E-state index < -0.39 is 11.9 Å². The van der Waals surface area contributed by atoms with E-state index in [9.17, 15) is 9.59 Å². The Hall–Kier alpha value is -1.48. The van der Waals surface area contributed by atoms with Crippen LogP contribution in [0.5, 0.6) is 0 Å². The Morgan fingerprint density at radius 2 is 1.21 bits per heavy atom. The maximum absolute atomic E-state index is 11.2. The summed E-state index contributed by atoms with van der Waals surface area (Å²) in [5, 5.41) is 4.09. The van der Waals surface area contributed by atoms with Crippen molar-refractivity contribution in [2.75, 3.05) is 13.2 Å². The molecule has 0 radical (unpaired) electrons. The molecule has 3 rings (SSSR count). The normalized spacial score (nSPS) is 20.9. The van der Waals surface area contributed by atoms with Crippen LogP contribution in [-0.4, -0.2) is 25.2 Å². The Bertz CT molecular complexity index is 760. The maximum Gasteiger partial charge on any atom is 0.330 e. The van der Waals surface area contributed by atoms with Gasteiger partial charge in [0, 0.05) is 22.0 Å². The van der Waals surface area contributed by atoms with Gasteiger partial charge in [-0.2, -0.15) is 0 Å². The molecule has 1 aromatic rings. The summed E-state index contributed by atoms with van der Waals surface area (Å²) in [7, 11) is 0. The summed E-state index contributed by atoms with van der Waals surface area (Å²) in [5.74, 6) is -0.809. The van der Waals surface area contributed by atoms with Crippen molar-refractivity contribution in [3.63, 3.8) is 0 Å². The van der Waals surface area contributed by atoms with Crippen molar-refractivity contribution in [3.05, 3.63) is 81.3 Å². The minimum absolute atomic E-state index is 0.266. The minimum atomic E-state index is -0.405. The summed E-state index contributed by atoms with van der Waals surface area (Å²) in [5.41, 5.74) is 2.45. The Kier molecular flexibility index (Phi) is 7.84. The van der Waals surface area contributed by atoms with Crippen LogP contribution in [0.3, 0.4) is 0 Å². The van der Waals surface area contributed by atoms with Crippen LogP contribution in [0.4, 0.5) is 0 Å². The number of carbonyl (C=O) groups excluding carboxylic acids is 2. The molecular weight excluding hydrogens is 432 g/mol. The van der Waals surface area contributed by atoms with Crippen molar-refractivity contribution in [1.29, 1.82) is 0 Å². The van der Waals surface area contributed by atoms with Crippen molar-refractivity contribution in [1.82, 2.24) is 0 Å². The van der Waals surface area contributed by atoms with Gasteiger partial charge in [0.15, 0.2) is 0 Å². The van der Waals surface area contributed by atoms with Gasteiger partial charge in [0.25, 0.3) is 0 Å². The monoisotopic (exact) mass is 450 g/mol. The lowest BCUT2D eigenvalue weighted by atomic mass is 10.2. The van der Waals surface area contributed by atoms with E-state index >= 15 is 0 Å². The van der Waals surface area contributed by atoms with Gasteiger partial charge in [-0.15, -0.1) is 47.0 Å². The molecule has 8 heteroatoms. The number of rotatable bonds is 8. The highest BCUT2D eigenvalue weighted by Crippen LogP contribution is 2.53. The Balaban J connectivity index is 1.48. The fourth-order valence-electron chi connectivity index (χ4n) is 2.30. The van der Waals surface area contributed by atoms with Gasteiger partial charge in [0.2, 0.25) is 0 Å². The fraction of sp³-hybridized carbons (Fsp3) is 0.200. The molecule has 0 saturated carbocycles. The van der Waals surface area contributed by atoms with E-state index in [1.807, 2.05) is 10.8 Å². The van der Waals surface area contributed by atoms with Crippen LogP contribution in [0, 0.1) is 0 Å². The van der Waals surface area contributed by atoms with E-state index in [2.05, 4.69) is 37.4 Å². The van der Waals surface area contributed by atoms with Crippen LogP contribution in [0.1, 0.15) is 20.3 Å². The fourth-order valence-corrected chi connectivity index (χ4v) is 7.31. The van der Waals surface area contributed by atoms with E-state index in [-0.39, 0.29) is 22.4 Å². The largest absolute Gasteiger partial charge is 0.457 e. The average Bonchev–Trinajstić information content (AvgIpc) is 3.40. The molecule has 0 aromatic heterocycles. The molecule has 4 nitrogen and oxygen atoms in total. The molecule has 0 saturated heterocycles. The van der Waals surface area contributed by atoms with E-state index in [0.29, 0.717) is 0 Å². The molecule has 0 fully saturated rings. The smallest absolute Gasteiger partial charge is 0.330 e. The Morgan fingerprint density at radius 1 is 0.821 bits per heavy atom. The molecule has 2 aliphatic heterocycles. The van der Waals surface area contributed by atoms with Crippen LogP contribution in [0.25, 0.3) is 0 Å².